The summed E-state index contributed by atoms with van der Waals surface area (Å²) >= 11 is 0. The number of hydrogen-bond donors (Lipinski definition) is 2. The second-order valence-corrected chi connectivity index (χ2v) is 6.81. The maximum atomic E-state index is 12.0. The Morgan fingerprint density at radius 1 is 1.40 bits per heavy atom. The van der Waals surface area contributed by atoms with Gasteiger partial charge in [-0.05, 0) is 38.6 Å². The monoisotopic (exact) mass is 301 g/mol. The number of furan rings is 1. The third kappa shape index (κ3) is 4.31. The summed E-state index contributed by atoms with van der Waals surface area (Å²) in [5.74, 6) is 0.627. The van der Waals surface area contributed by atoms with Crippen molar-refractivity contribution in [2.24, 2.45) is 0 Å². The molecular weight excluding hydrogens is 278 g/mol. The van der Waals surface area contributed by atoms with Crippen LogP contribution in [0.15, 0.2) is 21.6 Å². The molecule has 0 atom stereocenters. The Hall–Kier alpha value is -0.890. The molecule has 0 unspecified atom stereocenters. The summed E-state index contributed by atoms with van der Waals surface area (Å²) in [5.41, 5.74) is 0. The van der Waals surface area contributed by atoms with Gasteiger partial charge in [-0.3, -0.25) is 0 Å². The standard InChI is InChI=1S/C13H23N3O3S/c1-3-14-10-12-6-7-13(19-12)20(17,18)15-8-9-16(2)11-4-5-11/h6-7,11,14-15H,3-5,8-10H2,1-2H3. The third-order valence-corrected chi connectivity index (χ3v) is 4.71. The van der Waals surface area contributed by atoms with E-state index in [1.165, 1.54) is 18.9 Å². The van der Waals surface area contributed by atoms with Gasteiger partial charge in [0.05, 0.1) is 6.54 Å². The molecule has 0 amide bonds. The molecule has 0 saturated heterocycles. The van der Waals surface area contributed by atoms with Crippen LogP contribution in [0.4, 0.5) is 0 Å². The van der Waals surface area contributed by atoms with Crippen molar-refractivity contribution in [3.05, 3.63) is 17.9 Å². The summed E-state index contributed by atoms with van der Waals surface area (Å²) in [5, 5.41) is 3.08. The lowest BCUT2D eigenvalue weighted by atomic mass is 10.4. The molecule has 0 aromatic carbocycles. The molecule has 0 radical (unpaired) electrons. The molecule has 1 saturated carbocycles. The Bertz CT molecular complexity index is 523. The van der Waals surface area contributed by atoms with Crippen molar-refractivity contribution in [2.45, 2.75) is 37.4 Å². The van der Waals surface area contributed by atoms with E-state index in [2.05, 4.69) is 14.9 Å². The number of nitrogens with zero attached hydrogens (tertiary/aromatic N) is 1. The fraction of sp³-hybridized carbons (Fsp3) is 0.692. The van der Waals surface area contributed by atoms with E-state index >= 15 is 0 Å². The number of hydrogen-bond acceptors (Lipinski definition) is 5. The quantitative estimate of drug-likeness (QED) is 0.704. The van der Waals surface area contributed by atoms with Crippen LogP contribution in [0.3, 0.4) is 0 Å². The van der Waals surface area contributed by atoms with Gasteiger partial charge in [0.15, 0.2) is 0 Å². The highest BCUT2D eigenvalue weighted by atomic mass is 32.2. The lowest BCUT2D eigenvalue weighted by Gasteiger charge is -2.15. The first-order valence-corrected chi connectivity index (χ1v) is 8.50. The van der Waals surface area contributed by atoms with E-state index in [-0.39, 0.29) is 5.09 Å². The first-order chi connectivity index (χ1) is 9.53. The number of sulfonamides is 1. The topological polar surface area (TPSA) is 74.6 Å². The molecule has 6 nitrogen and oxygen atoms in total. The van der Waals surface area contributed by atoms with Gasteiger partial charge in [-0.15, -0.1) is 0 Å². The highest BCUT2D eigenvalue weighted by Crippen LogP contribution is 2.24. The first-order valence-electron chi connectivity index (χ1n) is 7.02. The second kappa shape index (κ2) is 6.71. The minimum Gasteiger partial charge on any atom is -0.447 e. The van der Waals surface area contributed by atoms with Crippen LogP contribution in [0.25, 0.3) is 0 Å². The normalized spacial score (nSPS) is 15.9. The number of likely N-dealkylation sites (N-methyl/N-ethyl adjacent to an activating group) is 1. The summed E-state index contributed by atoms with van der Waals surface area (Å²) < 4.78 is 32.0. The van der Waals surface area contributed by atoms with Crippen molar-refractivity contribution >= 4 is 10.0 Å². The SMILES string of the molecule is CCNCc1ccc(S(=O)(=O)NCCN(C)C2CC2)o1. The van der Waals surface area contributed by atoms with Gasteiger partial charge in [-0.1, -0.05) is 6.92 Å². The predicted octanol–water partition coefficient (Wildman–Crippen LogP) is 0.762. The van der Waals surface area contributed by atoms with Crippen LogP contribution in [0.5, 0.6) is 0 Å². The van der Waals surface area contributed by atoms with Gasteiger partial charge in [0.1, 0.15) is 5.76 Å². The molecule has 1 aromatic heterocycles. The highest BCUT2D eigenvalue weighted by molar-refractivity contribution is 7.89. The van der Waals surface area contributed by atoms with Crippen LogP contribution in [0.1, 0.15) is 25.5 Å². The summed E-state index contributed by atoms with van der Waals surface area (Å²) in [7, 11) is -1.52. The van der Waals surface area contributed by atoms with Gasteiger partial charge in [0.2, 0.25) is 5.09 Å². The van der Waals surface area contributed by atoms with Gasteiger partial charge in [-0.2, -0.15) is 0 Å². The van der Waals surface area contributed by atoms with Crippen molar-refractivity contribution in [3.8, 4) is 0 Å². The van der Waals surface area contributed by atoms with Crippen molar-refractivity contribution in [1.82, 2.24) is 14.9 Å². The first kappa shape index (κ1) is 15.5. The third-order valence-electron chi connectivity index (χ3n) is 3.38. The molecule has 1 aliphatic carbocycles. The Labute approximate surface area is 120 Å². The molecule has 2 N–H and O–H groups in total. The van der Waals surface area contributed by atoms with Crippen molar-refractivity contribution in [3.63, 3.8) is 0 Å². The molecule has 0 aliphatic heterocycles. The zero-order valence-corrected chi connectivity index (χ0v) is 12.9. The zero-order chi connectivity index (χ0) is 14.6. The van der Waals surface area contributed by atoms with Crippen LogP contribution < -0.4 is 10.0 Å². The lowest BCUT2D eigenvalue weighted by Crippen LogP contribution is -2.33. The van der Waals surface area contributed by atoms with E-state index in [9.17, 15) is 8.42 Å². The molecule has 0 bridgehead atoms. The van der Waals surface area contributed by atoms with E-state index in [1.54, 1.807) is 6.07 Å². The minimum absolute atomic E-state index is 0.0144. The Morgan fingerprint density at radius 2 is 2.15 bits per heavy atom. The lowest BCUT2D eigenvalue weighted by molar-refractivity contribution is 0.328. The van der Waals surface area contributed by atoms with Gasteiger partial charge in [-0.25, -0.2) is 13.1 Å². The predicted molar refractivity (Wildman–Crippen MR) is 76.9 cm³/mol. The van der Waals surface area contributed by atoms with E-state index in [4.69, 9.17) is 4.42 Å². The molecule has 0 spiro atoms. The maximum Gasteiger partial charge on any atom is 0.274 e. The summed E-state index contributed by atoms with van der Waals surface area (Å²) in [6.07, 6.45) is 2.43. The summed E-state index contributed by atoms with van der Waals surface area (Å²) in [4.78, 5) is 2.18. The van der Waals surface area contributed by atoms with E-state index in [1.807, 2.05) is 14.0 Å². The molecular formula is C13H23N3O3S. The van der Waals surface area contributed by atoms with Gasteiger partial charge >= 0.3 is 0 Å². The Morgan fingerprint density at radius 3 is 2.80 bits per heavy atom. The molecule has 2 rings (SSSR count). The molecule has 1 aromatic rings. The molecule has 20 heavy (non-hydrogen) atoms. The Balaban J connectivity index is 1.83. The molecule has 1 fully saturated rings. The fourth-order valence-electron chi connectivity index (χ4n) is 1.97. The molecule has 114 valence electrons. The van der Waals surface area contributed by atoms with Gasteiger partial charge in [0, 0.05) is 19.1 Å². The molecule has 1 aliphatic rings. The average molecular weight is 301 g/mol. The van der Waals surface area contributed by atoms with E-state index in [0.29, 0.717) is 24.9 Å². The second-order valence-electron chi connectivity index (χ2n) is 5.11. The van der Waals surface area contributed by atoms with Gasteiger partial charge < -0.3 is 14.6 Å². The van der Waals surface area contributed by atoms with Gasteiger partial charge in [0.25, 0.3) is 10.0 Å². The van der Waals surface area contributed by atoms with Crippen LogP contribution >= 0.6 is 0 Å². The smallest absolute Gasteiger partial charge is 0.274 e. The summed E-state index contributed by atoms with van der Waals surface area (Å²) in [6.45, 7) is 4.46. The van der Waals surface area contributed by atoms with Crippen molar-refractivity contribution in [1.29, 1.82) is 0 Å². The minimum atomic E-state index is -3.54. The largest absolute Gasteiger partial charge is 0.447 e. The molecule has 7 heteroatoms. The van der Waals surface area contributed by atoms with E-state index in [0.717, 1.165) is 13.1 Å². The number of nitrogens with one attached hydrogen (secondary N) is 2. The van der Waals surface area contributed by atoms with Crippen LogP contribution in [0.2, 0.25) is 0 Å². The van der Waals surface area contributed by atoms with Crippen LogP contribution in [-0.4, -0.2) is 46.0 Å². The highest BCUT2D eigenvalue weighted by Gasteiger charge is 2.26. The summed E-state index contributed by atoms with van der Waals surface area (Å²) in [6, 6.07) is 3.82. The van der Waals surface area contributed by atoms with Crippen LogP contribution in [-0.2, 0) is 16.6 Å². The molecule has 1 heterocycles. The zero-order valence-electron chi connectivity index (χ0n) is 12.1. The van der Waals surface area contributed by atoms with Crippen molar-refractivity contribution < 1.29 is 12.8 Å². The maximum absolute atomic E-state index is 12.0. The van der Waals surface area contributed by atoms with Crippen LogP contribution in [0, 0.1) is 0 Å². The van der Waals surface area contributed by atoms with Crippen molar-refractivity contribution in [2.75, 3.05) is 26.7 Å². The van der Waals surface area contributed by atoms with E-state index < -0.39 is 10.0 Å². The number of rotatable bonds is 9. The Kier molecular flexibility index (Phi) is 5.20. The fourth-order valence-corrected chi connectivity index (χ4v) is 2.94. The average Bonchev–Trinajstić information content (AvgIpc) is 3.14.